The molecule has 0 radical (unpaired) electrons. The van der Waals surface area contributed by atoms with Gasteiger partial charge in [0.15, 0.2) is 16.4 Å². The van der Waals surface area contributed by atoms with Crippen molar-refractivity contribution in [2.24, 2.45) is 0 Å². The number of fused-ring (bicyclic) bond motifs is 1. The fourth-order valence-electron chi connectivity index (χ4n) is 3.77. The van der Waals surface area contributed by atoms with Crippen molar-refractivity contribution in [1.29, 1.82) is 0 Å². The van der Waals surface area contributed by atoms with Gasteiger partial charge in [0.2, 0.25) is 0 Å². The largest absolute Gasteiger partial charge is 0.493 e. The number of rotatable bonds is 6. The first kappa shape index (κ1) is 22.4. The normalized spacial score (nSPS) is 14.7. The minimum absolute atomic E-state index is 0.00156. The Labute approximate surface area is 183 Å². The number of methoxy groups -OCH3 is 2. The second-order valence-electron chi connectivity index (χ2n) is 7.33. The maximum atomic E-state index is 13.5. The Morgan fingerprint density at radius 1 is 1.03 bits per heavy atom. The molecular formula is C23H26N2O5S. The van der Waals surface area contributed by atoms with Crippen molar-refractivity contribution in [2.45, 2.75) is 20.8 Å². The molecule has 0 bridgehead atoms. The summed E-state index contributed by atoms with van der Waals surface area (Å²) < 4.78 is 38.8. The van der Waals surface area contributed by atoms with Gasteiger partial charge in [0.25, 0.3) is 15.9 Å². The van der Waals surface area contributed by atoms with Gasteiger partial charge in [0, 0.05) is 17.3 Å². The van der Waals surface area contributed by atoms with E-state index in [1.165, 1.54) is 20.3 Å². The van der Waals surface area contributed by atoms with Crippen LogP contribution in [0.3, 0.4) is 0 Å². The molecule has 8 heteroatoms. The minimum atomic E-state index is -4.14. The van der Waals surface area contributed by atoms with Crippen LogP contribution < -0.4 is 19.1 Å². The molecule has 164 valence electrons. The number of benzene rings is 2. The van der Waals surface area contributed by atoms with Gasteiger partial charge in [-0.15, -0.1) is 6.58 Å². The van der Waals surface area contributed by atoms with Gasteiger partial charge in [-0.3, -0.25) is 9.10 Å². The third-order valence-electron chi connectivity index (χ3n) is 5.04. The molecule has 0 aromatic heterocycles. The van der Waals surface area contributed by atoms with E-state index in [-0.39, 0.29) is 11.4 Å². The number of carbonyl (C=O) groups excluding carboxylic acids is 1. The number of nitrogens with zero attached hydrogens (tertiary/aromatic N) is 1. The zero-order chi connectivity index (χ0) is 22.9. The summed E-state index contributed by atoms with van der Waals surface area (Å²) in [6.07, 6.45) is 1.47. The van der Waals surface area contributed by atoms with E-state index in [0.717, 1.165) is 15.4 Å². The molecule has 0 saturated heterocycles. The molecule has 0 spiro atoms. The van der Waals surface area contributed by atoms with Gasteiger partial charge in [-0.05, 0) is 55.7 Å². The number of hydrogen-bond donors (Lipinski definition) is 1. The van der Waals surface area contributed by atoms with E-state index >= 15 is 0 Å². The molecule has 0 unspecified atom stereocenters. The quantitative estimate of drug-likeness (QED) is 0.683. The Hall–Kier alpha value is -3.26. The number of nitrogens with one attached hydrogen (secondary N) is 1. The van der Waals surface area contributed by atoms with Crippen LogP contribution >= 0.6 is 0 Å². The van der Waals surface area contributed by atoms with Crippen LogP contribution in [0.4, 0.5) is 11.4 Å². The maximum Gasteiger partial charge on any atom is 0.270 e. The number of aryl methyl sites for hydroxylation is 2. The zero-order valence-electron chi connectivity index (χ0n) is 18.3. The number of ether oxygens (including phenoxy) is 2. The van der Waals surface area contributed by atoms with Gasteiger partial charge < -0.3 is 14.8 Å². The van der Waals surface area contributed by atoms with E-state index in [1.54, 1.807) is 31.2 Å². The number of amides is 1. The van der Waals surface area contributed by atoms with E-state index in [4.69, 9.17) is 9.47 Å². The van der Waals surface area contributed by atoms with Gasteiger partial charge in [0.1, 0.15) is 0 Å². The highest BCUT2D eigenvalue weighted by Gasteiger charge is 2.40. The van der Waals surface area contributed by atoms with Crippen molar-refractivity contribution >= 4 is 32.9 Å². The van der Waals surface area contributed by atoms with E-state index in [9.17, 15) is 13.2 Å². The second-order valence-corrected chi connectivity index (χ2v) is 9.13. The number of anilines is 2. The van der Waals surface area contributed by atoms with Crippen LogP contribution in [-0.4, -0.2) is 35.1 Å². The number of allylic oxidation sites excluding steroid dienone is 1. The van der Waals surface area contributed by atoms with Crippen LogP contribution in [0.15, 0.2) is 47.9 Å². The van der Waals surface area contributed by atoms with Crippen LogP contribution in [0.1, 0.15) is 23.6 Å². The van der Waals surface area contributed by atoms with Gasteiger partial charge in [0.05, 0.1) is 26.5 Å². The SMILES string of the molecule is C=CCN1c2cc(OC)c(OC)cc2C(C)=C(C(=O)Nc2cc(C)cc(C)c2)S1(=O)=O. The summed E-state index contributed by atoms with van der Waals surface area (Å²) in [5.41, 5.74) is 3.76. The molecule has 2 aromatic carbocycles. The molecule has 0 fully saturated rings. The van der Waals surface area contributed by atoms with Crippen molar-refractivity contribution in [2.75, 3.05) is 30.4 Å². The smallest absolute Gasteiger partial charge is 0.270 e. The second kappa shape index (κ2) is 8.47. The summed E-state index contributed by atoms with van der Waals surface area (Å²) >= 11 is 0. The molecule has 7 nitrogen and oxygen atoms in total. The molecule has 1 aliphatic heterocycles. The molecule has 31 heavy (non-hydrogen) atoms. The zero-order valence-corrected chi connectivity index (χ0v) is 19.1. The molecule has 0 atom stereocenters. The Bertz CT molecular complexity index is 1180. The molecule has 1 heterocycles. The first-order valence-corrected chi connectivity index (χ1v) is 11.1. The average molecular weight is 443 g/mol. The lowest BCUT2D eigenvalue weighted by molar-refractivity contribution is -0.112. The molecule has 0 saturated carbocycles. The van der Waals surface area contributed by atoms with Crippen molar-refractivity contribution in [3.05, 3.63) is 64.6 Å². The lowest BCUT2D eigenvalue weighted by Gasteiger charge is -2.32. The molecular weight excluding hydrogens is 416 g/mol. The topological polar surface area (TPSA) is 84.9 Å². The molecule has 2 aromatic rings. The first-order chi connectivity index (χ1) is 14.6. The first-order valence-electron chi connectivity index (χ1n) is 9.64. The van der Waals surface area contributed by atoms with Crippen molar-refractivity contribution < 1.29 is 22.7 Å². The predicted molar refractivity (Wildman–Crippen MR) is 123 cm³/mol. The Morgan fingerprint density at radius 2 is 1.61 bits per heavy atom. The maximum absolute atomic E-state index is 13.5. The molecule has 3 rings (SSSR count). The third kappa shape index (κ3) is 4.03. The van der Waals surface area contributed by atoms with E-state index in [2.05, 4.69) is 11.9 Å². The fourth-order valence-corrected chi connectivity index (χ4v) is 5.48. The van der Waals surface area contributed by atoms with E-state index in [1.807, 2.05) is 19.9 Å². The van der Waals surface area contributed by atoms with Crippen LogP contribution in [0.25, 0.3) is 5.57 Å². The highest BCUT2D eigenvalue weighted by molar-refractivity contribution is 7.97. The Morgan fingerprint density at radius 3 is 2.16 bits per heavy atom. The monoisotopic (exact) mass is 442 g/mol. The summed E-state index contributed by atoms with van der Waals surface area (Å²) in [4.78, 5) is 12.9. The van der Waals surface area contributed by atoms with Gasteiger partial charge in [-0.25, -0.2) is 8.42 Å². The van der Waals surface area contributed by atoms with Gasteiger partial charge in [-0.1, -0.05) is 12.1 Å². The van der Waals surface area contributed by atoms with E-state index in [0.29, 0.717) is 34.0 Å². The summed E-state index contributed by atoms with van der Waals surface area (Å²) in [5.74, 6) is 0.131. The third-order valence-corrected chi connectivity index (χ3v) is 6.98. The van der Waals surface area contributed by atoms with Crippen LogP contribution in [-0.2, 0) is 14.8 Å². The number of carbonyl (C=O) groups is 1. The van der Waals surface area contributed by atoms with Crippen LogP contribution in [0.5, 0.6) is 11.5 Å². The minimum Gasteiger partial charge on any atom is -0.493 e. The Balaban J connectivity index is 2.20. The van der Waals surface area contributed by atoms with Crippen LogP contribution in [0, 0.1) is 13.8 Å². The van der Waals surface area contributed by atoms with Gasteiger partial charge >= 0.3 is 0 Å². The van der Waals surface area contributed by atoms with E-state index < -0.39 is 15.9 Å². The lowest BCUT2D eigenvalue weighted by atomic mass is 10.0. The molecule has 1 amide bonds. The van der Waals surface area contributed by atoms with Crippen molar-refractivity contribution in [3.8, 4) is 11.5 Å². The number of sulfonamides is 1. The van der Waals surface area contributed by atoms with Crippen molar-refractivity contribution in [3.63, 3.8) is 0 Å². The van der Waals surface area contributed by atoms with Crippen LogP contribution in [0.2, 0.25) is 0 Å². The predicted octanol–water partition coefficient (Wildman–Crippen LogP) is 4.03. The highest BCUT2D eigenvalue weighted by atomic mass is 32.2. The fraction of sp³-hybridized carbons (Fsp3) is 0.261. The summed E-state index contributed by atoms with van der Waals surface area (Å²) in [5, 5.41) is 2.74. The molecule has 1 aliphatic rings. The van der Waals surface area contributed by atoms with Gasteiger partial charge in [-0.2, -0.15) is 0 Å². The van der Waals surface area contributed by atoms with Crippen molar-refractivity contribution in [1.82, 2.24) is 0 Å². The highest BCUT2D eigenvalue weighted by Crippen LogP contribution is 2.45. The molecule has 1 N–H and O–H groups in total. The standard InChI is InChI=1S/C23H26N2O5S/c1-7-8-25-19-13-21(30-6)20(29-5)12-18(19)16(4)22(31(25,27)28)23(26)24-17-10-14(2)9-15(3)11-17/h7,9-13H,1,8H2,2-6H3,(H,24,26). The summed E-state index contributed by atoms with van der Waals surface area (Å²) in [6.45, 7) is 9.10. The molecule has 0 aliphatic carbocycles. The lowest BCUT2D eigenvalue weighted by Crippen LogP contribution is -2.39. The summed E-state index contributed by atoms with van der Waals surface area (Å²) in [6, 6.07) is 8.83. The average Bonchev–Trinajstić information content (AvgIpc) is 2.69. The number of hydrogen-bond acceptors (Lipinski definition) is 5. The Kier molecular flexibility index (Phi) is 6.13. The summed E-state index contributed by atoms with van der Waals surface area (Å²) in [7, 11) is -1.16.